The average molecular weight is 700 g/mol. The number of rotatable bonds is 4. The summed E-state index contributed by atoms with van der Waals surface area (Å²) in [5.74, 6) is 0. The van der Waals surface area contributed by atoms with Crippen molar-refractivity contribution < 1.29 is 4.42 Å². The lowest BCUT2D eigenvalue weighted by atomic mass is 9.70. The van der Waals surface area contributed by atoms with Crippen LogP contribution < -0.4 is 4.90 Å². The van der Waals surface area contributed by atoms with Crippen LogP contribution in [-0.4, -0.2) is 0 Å². The van der Waals surface area contributed by atoms with E-state index in [0.29, 0.717) is 0 Å². The molecule has 2 nitrogen and oxygen atoms in total. The van der Waals surface area contributed by atoms with Gasteiger partial charge in [0.1, 0.15) is 11.2 Å². The predicted octanol–water partition coefficient (Wildman–Crippen LogP) is 14.2. The van der Waals surface area contributed by atoms with E-state index in [0.717, 1.165) is 39.0 Å². The summed E-state index contributed by atoms with van der Waals surface area (Å²) in [6, 6.07) is 73.1. The fourth-order valence-electron chi connectivity index (χ4n) is 9.80. The van der Waals surface area contributed by atoms with Crippen LogP contribution in [0, 0.1) is 0 Å². The standard InChI is InChI=1S/C53H33NO/c1-3-13-34(14-4-1)35-23-26-38(27-24-35)54(37-16-5-2-6-17-37)39-28-29-44-48(33-39)53(47-32-30-42-41-19-10-12-22-49(41)55-52(42)51(44)47)45-21-11-9-20-43(45)50-40-18-8-7-15-36(40)25-31-46(50)53/h1-33H. The molecule has 2 aliphatic rings. The van der Waals surface area contributed by atoms with Gasteiger partial charge in [0.25, 0.3) is 0 Å². The Bertz CT molecular complexity index is 3140. The molecule has 0 saturated heterocycles. The highest BCUT2D eigenvalue weighted by atomic mass is 16.3. The molecule has 1 heterocycles. The van der Waals surface area contributed by atoms with E-state index in [1.165, 1.54) is 66.4 Å². The van der Waals surface area contributed by atoms with Gasteiger partial charge < -0.3 is 9.32 Å². The van der Waals surface area contributed by atoms with Crippen molar-refractivity contribution in [1.29, 1.82) is 0 Å². The topological polar surface area (TPSA) is 16.4 Å². The summed E-state index contributed by atoms with van der Waals surface area (Å²) in [4.78, 5) is 2.39. The first-order chi connectivity index (χ1) is 27.3. The fraction of sp³-hybridized carbons (Fsp3) is 0.0189. The Morgan fingerprint density at radius 1 is 0.364 bits per heavy atom. The maximum Gasteiger partial charge on any atom is 0.143 e. The molecule has 2 aliphatic carbocycles. The summed E-state index contributed by atoms with van der Waals surface area (Å²) in [7, 11) is 0. The minimum atomic E-state index is -0.552. The van der Waals surface area contributed by atoms with Gasteiger partial charge in [-0.1, -0.05) is 158 Å². The van der Waals surface area contributed by atoms with Gasteiger partial charge in [-0.25, -0.2) is 0 Å². The summed E-state index contributed by atoms with van der Waals surface area (Å²) >= 11 is 0. The lowest BCUT2D eigenvalue weighted by molar-refractivity contribution is 0.669. The Kier molecular flexibility index (Phi) is 6.29. The zero-order chi connectivity index (χ0) is 36.1. The third kappa shape index (κ3) is 4.14. The molecule has 1 unspecified atom stereocenters. The van der Waals surface area contributed by atoms with Crippen molar-refractivity contribution in [2.24, 2.45) is 0 Å². The Labute approximate surface area is 319 Å². The molecule has 55 heavy (non-hydrogen) atoms. The summed E-state index contributed by atoms with van der Waals surface area (Å²) in [6.07, 6.45) is 0. The maximum absolute atomic E-state index is 6.85. The molecule has 1 spiro atoms. The van der Waals surface area contributed by atoms with Crippen LogP contribution in [0.4, 0.5) is 17.1 Å². The minimum Gasteiger partial charge on any atom is -0.455 e. The number of hydrogen-bond donors (Lipinski definition) is 0. The van der Waals surface area contributed by atoms with E-state index in [1.54, 1.807) is 0 Å². The van der Waals surface area contributed by atoms with E-state index in [4.69, 9.17) is 4.42 Å². The van der Waals surface area contributed by atoms with Crippen molar-refractivity contribution >= 4 is 49.8 Å². The van der Waals surface area contributed by atoms with Gasteiger partial charge in [-0.3, -0.25) is 0 Å². The van der Waals surface area contributed by atoms with Gasteiger partial charge in [0, 0.05) is 33.4 Å². The highest BCUT2D eigenvalue weighted by Gasteiger charge is 2.53. The second-order valence-electron chi connectivity index (χ2n) is 14.8. The van der Waals surface area contributed by atoms with Crippen molar-refractivity contribution in [2.75, 3.05) is 4.90 Å². The van der Waals surface area contributed by atoms with E-state index >= 15 is 0 Å². The third-order valence-corrected chi connectivity index (χ3v) is 12.1. The third-order valence-electron chi connectivity index (χ3n) is 12.1. The van der Waals surface area contributed by atoms with Crippen molar-refractivity contribution in [3.63, 3.8) is 0 Å². The molecular formula is C53H33NO. The van der Waals surface area contributed by atoms with Crippen LogP contribution in [0.15, 0.2) is 205 Å². The molecule has 256 valence electrons. The molecule has 0 radical (unpaired) electrons. The van der Waals surface area contributed by atoms with Gasteiger partial charge in [0.05, 0.1) is 5.41 Å². The smallest absolute Gasteiger partial charge is 0.143 e. The first kappa shape index (κ1) is 30.3. The minimum absolute atomic E-state index is 0.552. The normalized spacial score (nSPS) is 15.0. The molecule has 0 fully saturated rings. The molecule has 0 bridgehead atoms. The van der Waals surface area contributed by atoms with Crippen LogP contribution in [-0.2, 0) is 5.41 Å². The van der Waals surface area contributed by atoms with Crippen LogP contribution in [0.25, 0.3) is 66.1 Å². The first-order valence-electron chi connectivity index (χ1n) is 19.0. The van der Waals surface area contributed by atoms with E-state index in [9.17, 15) is 0 Å². The first-order valence-corrected chi connectivity index (χ1v) is 19.0. The Morgan fingerprint density at radius 3 is 1.84 bits per heavy atom. The Hall–Kier alpha value is -7.16. The van der Waals surface area contributed by atoms with Gasteiger partial charge in [0.15, 0.2) is 0 Å². The molecule has 10 aromatic rings. The molecule has 0 amide bonds. The van der Waals surface area contributed by atoms with Gasteiger partial charge in [-0.05, 0) is 103 Å². The van der Waals surface area contributed by atoms with Gasteiger partial charge in [-0.2, -0.15) is 0 Å². The van der Waals surface area contributed by atoms with Crippen molar-refractivity contribution in [1.82, 2.24) is 0 Å². The second-order valence-corrected chi connectivity index (χ2v) is 14.8. The molecule has 1 atom stereocenters. The van der Waals surface area contributed by atoms with Crippen molar-refractivity contribution in [3.8, 4) is 33.4 Å². The fourth-order valence-corrected chi connectivity index (χ4v) is 9.80. The van der Waals surface area contributed by atoms with Gasteiger partial charge in [0.2, 0.25) is 0 Å². The monoisotopic (exact) mass is 699 g/mol. The summed E-state index contributed by atoms with van der Waals surface area (Å²) < 4.78 is 6.85. The average Bonchev–Trinajstić information content (AvgIpc) is 3.89. The van der Waals surface area contributed by atoms with Gasteiger partial charge in [-0.15, -0.1) is 0 Å². The van der Waals surface area contributed by atoms with Crippen LogP contribution in [0.5, 0.6) is 0 Å². The van der Waals surface area contributed by atoms with E-state index < -0.39 is 5.41 Å². The molecule has 0 N–H and O–H groups in total. The second kappa shape index (κ2) is 11.4. The van der Waals surface area contributed by atoms with Crippen molar-refractivity contribution in [2.45, 2.75) is 5.41 Å². The predicted molar refractivity (Wildman–Crippen MR) is 228 cm³/mol. The Morgan fingerprint density at radius 2 is 0.982 bits per heavy atom. The lowest BCUT2D eigenvalue weighted by Crippen LogP contribution is -2.26. The summed E-state index contributed by atoms with van der Waals surface area (Å²) in [5, 5.41) is 4.83. The molecular weight excluding hydrogens is 667 g/mol. The number of para-hydroxylation sites is 2. The molecule has 0 aliphatic heterocycles. The van der Waals surface area contributed by atoms with E-state index in [2.05, 4.69) is 205 Å². The van der Waals surface area contributed by atoms with Gasteiger partial charge >= 0.3 is 0 Å². The quantitative estimate of drug-likeness (QED) is 0.182. The number of benzene rings is 9. The van der Waals surface area contributed by atoms with Crippen LogP contribution in [0.3, 0.4) is 0 Å². The zero-order valence-corrected chi connectivity index (χ0v) is 29.9. The number of hydrogen-bond acceptors (Lipinski definition) is 2. The number of furan rings is 1. The Balaban J connectivity index is 1.17. The van der Waals surface area contributed by atoms with Crippen LogP contribution in [0.2, 0.25) is 0 Å². The highest BCUT2D eigenvalue weighted by molar-refractivity contribution is 6.14. The van der Waals surface area contributed by atoms with Crippen molar-refractivity contribution in [3.05, 3.63) is 222 Å². The maximum atomic E-state index is 6.85. The van der Waals surface area contributed by atoms with Crippen LogP contribution >= 0.6 is 0 Å². The largest absolute Gasteiger partial charge is 0.455 e. The molecule has 9 aromatic carbocycles. The highest BCUT2D eigenvalue weighted by Crippen LogP contribution is 2.65. The zero-order valence-electron chi connectivity index (χ0n) is 29.9. The summed E-state index contributed by atoms with van der Waals surface area (Å²) in [5.41, 5.74) is 17.2. The van der Waals surface area contributed by atoms with Crippen LogP contribution in [0.1, 0.15) is 22.3 Å². The molecule has 2 heteroatoms. The SMILES string of the molecule is c1ccc(-c2ccc(N(c3ccccc3)c3ccc4c(c3)C3(c5ccccc5-c5c3ccc3ccccc53)c3ccc5c(oc6ccccc65)c3-4)cc2)cc1. The lowest BCUT2D eigenvalue weighted by Gasteiger charge is -2.32. The molecule has 0 saturated carbocycles. The molecule has 12 rings (SSSR count). The number of anilines is 3. The van der Waals surface area contributed by atoms with E-state index in [-0.39, 0.29) is 0 Å². The number of fused-ring (bicyclic) bond motifs is 16. The summed E-state index contributed by atoms with van der Waals surface area (Å²) in [6.45, 7) is 0. The number of nitrogens with zero attached hydrogens (tertiary/aromatic N) is 1. The molecule has 1 aromatic heterocycles. The van der Waals surface area contributed by atoms with E-state index in [1.807, 2.05) is 0 Å².